The molecular weight excluding hydrogens is 216 g/mol. The average molecular weight is 236 g/mol. The van der Waals surface area contributed by atoms with Gasteiger partial charge >= 0.3 is 0 Å². The molecule has 1 aliphatic heterocycles. The Morgan fingerprint density at radius 1 is 1.25 bits per heavy atom. The molecule has 0 bridgehead atoms. The maximum absolute atomic E-state index is 9.78. The molecule has 0 aliphatic carbocycles. The maximum atomic E-state index is 9.78. The lowest BCUT2D eigenvalue weighted by Crippen LogP contribution is -2.60. The Labute approximate surface area is 94.4 Å². The first kappa shape index (κ1) is 13.8. The molecule has 16 heavy (non-hydrogen) atoms. The van der Waals surface area contributed by atoms with E-state index in [4.69, 9.17) is 14.6 Å². The zero-order chi connectivity index (χ0) is 12.3. The minimum atomic E-state index is -1.45. The van der Waals surface area contributed by atoms with Crippen LogP contribution in [0, 0.1) is 0 Å². The smallest absolute Gasteiger partial charge is 0.184 e. The summed E-state index contributed by atoms with van der Waals surface area (Å²) in [5.74, 6) is 0. The Morgan fingerprint density at radius 3 is 2.38 bits per heavy atom. The molecule has 96 valence electrons. The first-order valence-corrected chi connectivity index (χ1v) is 5.47. The molecule has 1 heterocycles. The average Bonchev–Trinajstić information content (AvgIpc) is 2.28. The van der Waals surface area contributed by atoms with E-state index in [9.17, 15) is 15.3 Å². The highest BCUT2D eigenvalue weighted by molar-refractivity contribution is 4.90. The van der Waals surface area contributed by atoms with E-state index in [0.717, 1.165) is 6.42 Å². The van der Waals surface area contributed by atoms with Crippen molar-refractivity contribution in [3.8, 4) is 0 Å². The molecule has 6 heteroatoms. The molecule has 0 spiro atoms. The lowest BCUT2D eigenvalue weighted by Gasteiger charge is -2.40. The zero-order valence-electron chi connectivity index (χ0n) is 9.48. The molecular formula is C10H20O6. The lowest BCUT2D eigenvalue weighted by molar-refractivity contribution is -0.299. The predicted molar refractivity (Wildman–Crippen MR) is 54.6 cm³/mol. The molecule has 1 rings (SSSR count). The van der Waals surface area contributed by atoms with Crippen molar-refractivity contribution in [2.24, 2.45) is 0 Å². The molecule has 0 saturated carbocycles. The van der Waals surface area contributed by atoms with Gasteiger partial charge in [-0.3, -0.25) is 0 Å². The van der Waals surface area contributed by atoms with Gasteiger partial charge in [0.25, 0.3) is 0 Å². The quantitative estimate of drug-likeness (QED) is 0.479. The maximum Gasteiger partial charge on any atom is 0.184 e. The fraction of sp³-hybridized carbons (Fsp3) is 1.00. The van der Waals surface area contributed by atoms with Crippen molar-refractivity contribution in [1.29, 1.82) is 0 Å². The van der Waals surface area contributed by atoms with Crippen LogP contribution in [-0.4, -0.2) is 63.8 Å². The van der Waals surface area contributed by atoms with E-state index in [2.05, 4.69) is 0 Å². The van der Waals surface area contributed by atoms with E-state index < -0.39 is 37.3 Å². The minimum absolute atomic E-state index is 0.154. The summed E-state index contributed by atoms with van der Waals surface area (Å²) >= 11 is 0. The molecule has 1 aliphatic rings. The van der Waals surface area contributed by atoms with Crippen molar-refractivity contribution >= 4 is 0 Å². The highest BCUT2D eigenvalue weighted by Crippen LogP contribution is 2.23. The van der Waals surface area contributed by atoms with Crippen LogP contribution in [-0.2, 0) is 9.47 Å². The van der Waals surface area contributed by atoms with E-state index in [1.807, 2.05) is 6.92 Å². The summed E-state index contributed by atoms with van der Waals surface area (Å²) in [7, 11) is 0. The summed E-state index contributed by atoms with van der Waals surface area (Å²) in [6, 6.07) is 0. The van der Waals surface area contributed by atoms with Crippen LogP contribution in [0.4, 0.5) is 0 Å². The van der Waals surface area contributed by atoms with Crippen molar-refractivity contribution in [1.82, 2.24) is 0 Å². The van der Waals surface area contributed by atoms with Gasteiger partial charge in [-0.15, -0.1) is 0 Å². The number of hydrogen-bond acceptors (Lipinski definition) is 6. The fourth-order valence-corrected chi connectivity index (χ4v) is 1.59. The van der Waals surface area contributed by atoms with Crippen LogP contribution in [0.2, 0.25) is 0 Å². The van der Waals surface area contributed by atoms with E-state index >= 15 is 0 Å². The first-order chi connectivity index (χ1) is 7.51. The molecule has 0 aromatic heterocycles. The van der Waals surface area contributed by atoms with Crippen molar-refractivity contribution in [2.75, 3.05) is 6.61 Å². The van der Waals surface area contributed by atoms with Gasteiger partial charge in [0.1, 0.15) is 24.4 Å². The third-order valence-corrected chi connectivity index (χ3v) is 2.80. The minimum Gasteiger partial charge on any atom is -0.394 e. The lowest BCUT2D eigenvalue weighted by atomic mass is 9.99. The van der Waals surface area contributed by atoms with E-state index in [1.54, 1.807) is 6.92 Å². The second-order valence-electron chi connectivity index (χ2n) is 4.05. The van der Waals surface area contributed by atoms with Crippen LogP contribution in [0.3, 0.4) is 0 Å². The number of ether oxygens (including phenoxy) is 2. The monoisotopic (exact) mass is 236 g/mol. The standard InChI is InChI=1S/C10H20O6/c1-3-5(2)15-9-7(12)6(4-11)16-10(14)8(9)13/h5-14H,3-4H2,1-2H3/t5?,6-,7-,8-,9+,10+/m1/s1. The molecule has 1 unspecified atom stereocenters. The molecule has 1 fully saturated rings. The Kier molecular flexibility index (Phi) is 5.10. The van der Waals surface area contributed by atoms with Gasteiger partial charge in [0, 0.05) is 0 Å². The topological polar surface area (TPSA) is 99.4 Å². The summed E-state index contributed by atoms with van der Waals surface area (Å²) in [5, 5.41) is 37.7. The van der Waals surface area contributed by atoms with Crippen molar-refractivity contribution < 1.29 is 29.9 Å². The molecule has 0 radical (unpaired) electrons. The summed E-state index contributed by atoms with van der Waals surface area (Å²) in [6.45, 7) is 3.27. The van der Waals surface area contributed by atoms with Crippen molar-refractivity contribution in [3.63, 3.8) is 0 Å². The SMILES string of the molecule is CCC(C)O[C@@H]1[C@@H](O)[C@@H](O)O[C@H](CO)[C@H]1O. The second kappa shape index (κ2) is 5.90. The van der Waals surface area contributed by atoms with Crippen LogP contribution in [0.5, 0.6) is 0 Å². The van der Waals surface area contributed by atoms with Crippen LogP contribution < -0.4 is 0 Å². The normalized spacial score (nSPS) is 42.0. The molecule has 6 nitrogen and oxygen atoms in total. The summed E-state index contributed by atoms with van der Waals surface area (Å²) in [5.41, 5.74) is 0. The number of aliphatic hydroxyl groups excluding tert-OH is 4. The van der Waals surface area contributed by atoms with Gasteiger partial charge in [-0.25, -0.2) is 0 Å². The van der Waals surface area contributed by atoms with Gasteiger partial charge in [0.05, 0.1) is 12.7 Å². The van der Waals surface area contributed by atoms with Gasteiger partial charge < -0.3 is 29.9 Å². The molecule has 4 N–H and O–H groups in total. The van der Waals surface area contributed by atoms with Crippen LogP contribution >= 0.6 is 0 Å². The van der Waals surface area contributed by atoms with Gasteiger partial charge in [-0.2, -0.15) is 0 Å². The summed E-state index contributed by atoms with van der Waals surface area (Å²) in [4.78, 5) is 0. The van der Waals surface area contributed by atoms with E-state index in [-0.39, 0.29) is 6.10 Å². The van der Waals surface area contributed by atoms with Crippen molar-refractivity contribution in [3.05, 3.63) is 0 Å². The first-order valence-electron chi connectivity index (χ1n) is 5.47. The number of hydrogen-bond donors (Lipinski definition) is 4. The largest absolute Gasteiger partial charge is 0.394 e. The number of aliphatic hydroxyl groups is 4. The zero-order valence-corrected chi connectivity index (χ0v) is 9.48. The molecule has 0 aromatic rings. The molecule has 6 atom stereocenters. The summed E-state index contributed by atoms with van der Waals surface area (Å²) in [6.07, 6.45) is -5.24. The Hall–Kier alpha value is -0.240. The van der Waals surface area contributed by atoms with E-state index in [0.29, 0.717) is 0 Å². The molecule has 1 saturated heterocycles. The third-order valence-electron chi connectivity index (χ3n) is 2.80. The van der Waals surface area contributed by atoms with Gasteiger partial charge in [0.15, 0.2) is 6.29 Å². The Morgan fingerprint density at radius 2 is 1.88 bits per heavy atom. The van der Waals surface area contributed by atoms with Gasteiger partial charge in [0.2, 0.25) is 0 Å². The molecule has 0 aromatic carbocycles. The Balaban J connectivity index is 2.69. The fourth-order valence-electron chi connectivity index (χ4n) is 1.59. The predicted octanol–water partition coefficient (Wildman–Crippen LogP) is -1.40. The highest BCUT2D eigenvalue weighted by atomic mass is 16.6. The Bertz CT molecular complexity index is 211. The van der Waals surface area contributed by atoms with Gasteiger partial charge in [-0.1, -0.05) is 6.92 Å². The van der Waals surface area contributed by atoms with Crippen LogP contribution in [0.1, 0.15) is 20.3 Å². The van der Waals surface area contributed by atoms with E-state index in [1.165, 1.54) is 0 Å². The third kappa shape index (κ3) is 2.91. The molecule has 0 amide bonds. The van der Waals surface area contributed by atoms with Gasteiger partial charge in [-0.05, 0) is 13.3 Å². The highest BCUT2D eigenvalue weighted by Gasteiger charge is 2.44. The number of rotatable bonds is 4. The van der Waals surface area contributed by atoms with Crippen LogP contribution in [0.25, 0.3) is 0 Å². The summed E-state index contributed by atoms with van der Waals surface area (Å²) < 4.78 is 10.2. The van der Waals surface area contributed by atoms with Crippen molar-refractivity contribution in [2.45, 2.75) is 57.1 Å². The second-order valence-corrected chi connectivity index (χ2v) is 4.05. The van der Waals surface area contributed by atoms with Crippen LogP contribution in [0.15, 0.2) is 0 Å².